The molecule has 4 heteroatoms. The molecule has 0 fully saturated rings. The molecule has 0 saturated heterocycles. The molecule has 23 heavy (non-hydrogen) atoms. The molecule has 2 aromatic carbocycles. The molecule has 0 spiro atoms. The van der Waals surface area contributed by atoms with Gasteiger partial charge < -0.3 is 4.74 Å². The molecule has 3 aromatic rings. The van der Waals surface area contributed by atoms with Crippen LogP contribution in [0.25, 0.3) is 17.1 Å². The van der Waals surface area contributed by atoms with Crippen molar-refractivity contribution in [1.82, 2.24) is 9.55 Å². The summed E-state index contributed by atoms with van der Waals surface area (Å²) < 4.78 is 21.8. The first-order valence-electron chi connectivity index (χ1n) is 7.64. The summed E-state index contributed by atoms with van der Waals surface area (Å²) in [6.07, 6.45) is 1.90. The zero-order chi connectivity index (χ0) is 16.4. The lowest BCUT2D eigenvalue weighted by Gasteiger charge is -2.11. The lowest BCUT2D eigenvalue weighted by molar-refractivity contribution is 0.340. The number of aryl methyl sites for hydroxylation is 2. The van der Waals surface area contributed by atoms with E-state index in [1.807, 2.05) is 61.9 Å². The summed E-state index contributed by atoms with van der Waals surface area (Å²) >= 11 is 0. The molecule has 0 bridgehead atoms. The van der Waals surface area contributed by atoms with E-state index < -0.39 is 0 Å². The molecule has 0 unspecified atom stereocenters. The van der Waals surface area contributed by atoms with E-state index in [1.54, 1.807) is 6.07 Å². The van der Waals surface area contributed by atoms with Gasteiger partial charge in [-0.1, -0.05) is 12.1 Å². The zero-order valence-corrected chi connectivity index (χ0v) is 13.5. The minimum atomic E-state index is -0.266. The van der Waals surface area contributed by atoms with E-state index in [0.29, 0.717) is 18.0 Å². The van der Waals surface area contributed by atoms with Crippen LogP contribution in [0, 0.1) is 19.7 Å². The standard InChI is InChI=1S/C19H19FN2O/c1-4-23-16-7-5-6-15(11-16)22-12-14(3)21-19(22)17-9-8-13(2)10-18(17)20/h5-12H,4H2,1-3H3. The molecule has 0 saturated carbocycles. The minimum absolute atomic E-state index is 0.266. The predicted octanol–water partition coefficient (Wildman–Crippen LogP) is 4.69. The number of halogens is 1. The number of benzene rings is 2. The van der Waals surface area contributed by atoms with Gasteiger partial charge in [-0.2, -0.15) is 0 Å². The van der Waals surface area contributed by atoms with Gasteiger partial charge in [-0.15, -0.1) is 0 Å². The average Bonchev–Trinajstić information content (AvgIpc) is 2.89. The normalized spacial score (nSPS) is 10.8. The van der Waals surface area contributed by atoms with Crippen molar-refractivity contribution in [1.29, 1.82) is 0 Å². The lowest BCUT2D eigenvalue weighted by atomic mass is 10.1. The SMILES string of the molecule is CCOc1cccc(-n2cc(C)nc2-c2ccc(C)cc2F)c1. The van der Waals surface area contributed by atoms with Gasteiger partial charge in [-0.25, -0.2) is 9.37 Å². The number of hydrogen-bond acceptors (Lipinski definition) is 2. The Bertz CT molecular complexity index is 839. The Kier molecular flexibility index (Phi) is 4.15. The molecule has 118 valence electrons. The molecule has 0 N–H and O–H groups in total. The fourth-order valence-electron chi connectivity index (χ4n) is 2.58. The highest BCUT2D eigenvalue weighted by atomic mass is 19.1. The van der Waals surface area contributed by atoms with E-state index in [4.69, 9.17) is 4.74 Å². The Balaban J connectivity index is 2.13. The van der Waals surface area contributed by atoms with E-state index >= 15 is 0 Å². The summed E-state index contributed by atoms with van der Waals surface area (Å²) in [4.78, 5) is 4.51. The molecule has 0 amide bonds. The molecule has 3 rings (SSSR count). The van der Waals surface area contributed by atoms with Gasteiger partial charge in [0.05, 0.1) is 23.6 Å². The van der Waals surface area contributed by atoms with Gasteiger partial charge in [0.15, 0.2) is 0 Å². The monoisotopic (exact) mass is 310 g/mol. The van der Waals surface area contributed by atoms with E-state index in [1.165, 1.54) is 6.07 Å². The van der Waals surface area contributed by atoms with E-state index in [2.05, 4.69) is 4.98 Å². The van der Waals surface area contributed by atoms with E-state index in [9.17, 15) is 4.39 Å². The number of ether oxygens (including phenoxy) is 1. The first-order chi connectivity index (χ1) is 11.1. The highest BCUT2D eigenvalue weighted by Gasteiger charge is 2.14. The summed E-state index contributed by atoms with van der Waals surface area (Å²) in [6.45, 7) is 6.32. The van der Waals surface area contributed by atoms with Gasteiger partial charge in [-0.3, -0.25) is 4.57 Å². The van der Waals surface area contributed by atoms with Gasteiger partial charge >= 0.3 is 0 Å². The molecule has 0 aliphatic heterocycles. The summed E-state index contributed by atoms with van der Waals surface area (Å²) in [5, 5.41) is 0. The van der Waals surface area contributed by atoms with Crippen molar-refractivity contribution in [2.45, 2.75) is 20.8 Å². The van der Waals surface area contributed by atoms with Gasteiger partial charge in [-0.05, 0) is 50.6 Å². The van der Waals surface area contributed by atoms with Crippen LogP contribution in [0.4, 0.5) is 4.39 Å². The Morgan fingerprint density at radius 1 is 1.13 bits per heavy atom. The Morgan fingerprint density at radius 3 is 2.70 bits per heavy atom. The second-order valence-electron chi connectivity index (χ2n) is 5.49. The molecule has 0 aliphatic rings. The summed E-state index contributed by atoms with van der Waals surface area (Å²) in [5.41, 5.74) is 3.11. The van der Waals surface area contributed by atoms with Crippen LogP contribution in [-0.2, 0) is 0 Å². The van der Waals surface area contributed by atoms with Crippen molar-refractivity contribution in [2.75, 3.05) is 6.61 Å². The largest absolute Gasteiger partial charge is 0.494 e. The maximum atomic E-state index is 14.4. The minimum Gasteiger partial charge on any atom is -0.494 e. The molecule has 1 aromatic heterocycles. The smallest absolute Gasteiger partial charge is 0.147 e. The number of imidazole rings is 1. The molecule has 3 nitrogen and oxygen atoms in total. The Hall–Kier alpha value is -2.62. The number of nitrogens with zero attached hydrogens (tertiary/aromatic N) is 2. The van der Waals surface area contributed by atoms with Crippen molar-refractivity contribution in [3.63, 3.8) is 0 Å². The second kappa shape index (κ2) is 6.24. The molecular weight excluding hydrogens is 291 g/mol. The van der Waals surface area contributed by atoms with Crippen LogP contribution in [0.3, 0.4) is 0 Å². The van der Waals surface area contributed by atoms with Crippen molar-refractivity contribution < 1.29 is 9.13 Å². The molecule has 1 heterocycles. The third-order valence-corrected chi connectivity index (χ3v) is 3.60. The fourth-order valence-corrected chi connectivity index (χ4v) is 2.58. The van der Waals surface area contributed by atoms with Crippen LogP contribution in [0.1, 0.15) is 18.2 Å². The van der Waals surface area contributed by atoms with Crippen LogP contribution in [-0.4, -0.2) is 16.2 Å². The topological polar surface area (TPSA) is 27.1 Å². The molecule has 0 radical (unpaired) electrons. The Labute approximate surface area is 135 Å². The summed E-state index contributed by atoms with van der Waals surface area (Å²) in [7, 11) is 0. The third kappa shape index (κ3) is 3.11. The predicted molar refractivity (Wildman–Crippen MR) is 89.6 cm³/mol. The van der Waals surface area contributed by atoms with Gasteiger partial charge in [0, 0.05) is 12.3 Å². The van der Waals surface area contributed by atoms with Gasteiger partial charge in [0.1, 0.15) is 17.4 Å². The van der Waals surface area contributed by atoms with Crippen LogP contribution < -0.4 is 4.74 Å². The quantitative estimate of drug-likeness (QED) is 0.699. The maximum Gasteiger partial charge on any atom is 0.147 e. The van der Waals surface area contributed by atoms with Crippen molar-refractivity contribution in [3.05, 3.63) is 65.7 Å². The van der Waals surface area contributed by atoms with Crippen LogP contribution >= 0.6 is 0 Å². The highest BCUT2D eigenvalue weighted by Crippen LogP contribution is 2.27. The second-order valence-corrected chi connectivity index (χ2v) is 5.49. The molecule has 0 atom stereocenters. The van der Waals surface area contributed by atoms with Gasteiger partial charge in [0.2, 0.25) is 0 Å². The first kappa shape index (κ1) is 15.3. The zero-order valence-electron chi connectivity index (χ0n) is 13.5. The Morgan fingerprint density at radius 2 is 1.96 bits per heavy atom. The number of aromatic nitrogens is 2. The average molecular weight is 310 g/mol. The first-order valence-corrected chi connectivity index (χ1v) is 7.64. The van der Waals surface area contributed by atoms with Crippen LogP contribution in [0.15, 0.2) is 48.7 Å². The van der Waals surface area contributed by atoms with Crippen LogP contribution in [0.5, 0.6) is 5.75 Å². The van der Waals surface area contributed by atoms with Crippen molar-refractivity contribution in [2.24, 2.45) is 0 Å². The number of rotatable bonds is 4. The third-order valence-electron chi connectivity index (χ3n) is 3.60. The highest BCUT2D eigenvalue weighted by molar-refractivity contribution is 5.61. The summed E-state index contributed by atoms with van der Waals surface area (Å²) in [6, 6.07) is 12.9. The lowest BCUT2D eigenvalue weighted by Crippen LogP contribution is -1.99. The molecule has 0 aliphatic carbocycles. The summed E-state index contributed by atoms with van der Waals surface area (Å²) in [5.74, 6) is 1.11. The van der Waals surface area contributed by atoms with E-state index in [0.717, 1.165) is 22.7 Å². The van der Waals surface area contributed by atoms with Crippen molar-refractivity contribution >= 4 is 0 Å². The fraction of sp³-hybridized carbons (Fsp3) is 0.211. The van der Waals surface area contributed by atoms with Crippen LogP contribution in [0.2, 0.25) is 0 Å². The van der Waals surface area contributed by atoms with Crippen molar-refractivity contribution in [3.8, 4) is 22.8 Å². The number of hydrogen-bond donors (Lipinski definition) is 0. The maximum absolute atomic E-state index is 14.4. The molecular formula is C19H19FN2O. The van der Waals surface area contributed by atoms with E-state index in [-0.39, 0.29) is 5.82 Å². The van der Waals surface area contributed by atoms with Gasteiger partial charge in [0.25, 0.3) is 0 Å².